The van der Waals surface area contributed by atoms with Crippen LogP contribution >= 0.6 is 0 Å². The molecule has 102 valence electrons. The zero-order chi connectivity index (χ0) is 13.7. The van der Waals surface area contributed by atoms with Gasteiger partial charge < -0.3 is 10.6 Å². The molecule has 1 aromatic carbocycles. The van der Waals surface area contributed by atoms with Crippen LogP contribution in [0.4, 0.5) is 10.1 Å². The largest absolute Gasteiger partial charge is 0.370 e. The molecule has 2 N–H and O–H groups in total. The number of rotatable bonds is 6. The highest BCUT2D eigenvalue weighted by Crippen LogP contribution is 2.22. The number of nitrogens with two attached hydrogens (primary N) is 1. The van der Waals surface area contributed by atoms with E-state index in [9.17, 15) is 4.39 Å². The summed E-state index contributed by atoms with van der Waals surface area (Å²) in [6.07, 6.45) is 2.65. The lowest BCUT2D eigenvalue weighted by molar-refractivity contribution is 0.593. The van der Waals surface area contributed by atoms with Crippen LogP contribution in [-0.2, 0) is 6.42 Å². The van der Waals surface area contributed by atoms with E-state index in [1.807, 2.05) is 31.0 Å². The summed E-state index contributed by atoms with van der Waals surface area (Å²) in [6.45, 7) is 6.25. The first kappa shape index (κ1) is 15.0. The molecule has 2 nitrogen and oxygen atoms in total. The number of nitrogens with zero attached hydrogens (tertiary/aromatic N) is 1. The van der Waals surface area contributed by atoms with Gasteiger partial charge in [0.1, 0.15) is 5.82 Å². The number of halogens is 1. The first-order chi connectivity index (χ1) is 8.49. The molecule has 0 aromatic heterocycles. The maximum Gasteiger partial charge on any atom is 0.146 e. The number of benzene rings is 1. The van der Waals surface area contributed by atoms with Crippen LogP contribution in [0.2, 0.25) is 0 Å². The van der Waals surface area contributed by atoms with Gasteiger partial charge in [0.15, 0.2) is 0 Å². The minimum atomic E-state index is -0.154. The first-order valence-corrected chi connectivity index (χ1v) is 6.76. The third-order valence-electron chi connectivity index (χ3n) is 3.67. The molecule has 0 saturated carbocycles. The van der Waals surface area contributed by atoms with E-state index in [0.29, 0.717) is 11.7 Å². The van der Waals surface area contributed by atoms with E-state index in [1.54, 1.807) is 6.07 Å². The van der Waals surface area contributed by atoms with E-state index in [2.05, 4.69) is 13.8 Å². The predicted octanol–water partition coefficient (Wildman–Crippen LogP) is 3.34. The summed E-state index contributed by atoms with van der Waals surface area (Å²) in [5.41, 5.74) is 7.53. The van der Waals surface area contributed by atoms with Crippen LogP contribution in [0.5, 0.6) is 0 Å². The maximum absolute atomic E-state index is 14.1. The van der Waals surface area contributed by atoms with Crippen molar-refractivity contribution in [1.82, 2.24) is 0 Å². The van der Waals surface area contributed by atoms with Crippen molar-refractivity contribution in [3.05, 3.63) is 29.6 Å². The van der Waals surface area contributed by atoms with Crippen LogP contribution in [0, 0.1) is 5.82 Å². The van der Waals surface area contributed by atoms with E-state index in [1.165, 1.54) is 0 Å². The van der Waals surface area contributed by atoms with Crippen LogP contribution in [-0.4, -0.2) is 19.1 Å². The Kier molecular flexibility index (Phi) is 5.60. The molecule has 1 aromatic rings. The molecule has 0 amide bonds. The monoisotopic (exact) mass is 252 g/mol. The minimum Gasteiger partial charge on any atom is -0.370 e. The van der Waals surface area contributed by atoms with E-state index in [-0.39, 0.29) is 11.9 Å². The van der Waals surface area contributed by atoms with Crippen molar-refractivity contribution in [3.63, 3.8) is 0 Å². The van der Waals surface area contributed by atoms with Crippen molar-refractivity contribution < 1.29 is 4.39 Å². The molecule has 0 aliphatic heterocycles. The summed E-state index contributed by atoms with van der Waals surface area (Å²) in [6, 6.07) is 5.90. The first-order valence-electron chi connectivity index (χ1n) is 6.76. The van der Waals surface area contributed by atoms with Crippen molar-refractivity contribution in [1.29, 1.82) is 0 Å². The molecular weight excluding hydrogens is 227 g/mol. The van der Waals surface area contributed by atoms with E-state index in [0.717, 1.165) is 24.8 Å². The summed E-state index contributed by atoms with van der Waals surface area (Å²) >= 11 is 0. The summed E-state index contributed by atoms with van der Waals surface area (Å²) in [7, 11) is 1.93. The van der Waals surface area contributed by atoms with Gasteiger partial charge >= 0.3 is 0 Å². The van der Waals surface area contributed by atoms with E-state index >= 15 is 0 Å². The molecule has 2 atom stereocenters. The topological polar surface area (TPSA) is 29.3 Å². The quantitative estimate of drug-likeness (QED) is 0.841. The van der Waals surface area contributed by atoms with Crippen molar-refractivity contribution in [2.75, 3.05) is 11.9 Å². The zero-order valence-corrected chi connectivity index (χ0v) is 11.9. The summed E-state index contributed by atoms with van der Waals surface area (Å²) in [4.78, 5) is 1.98. The summed E-state index contributed by atoms with van der Waals surface area (Å²) < 4.78 is 14.1. The Bertz CT molecular complexity index is 379. The van der Waals surface area contributed by atoms with Crippen LogP contribution in [0.1, 0.15) is 39.2 Å². The molecule has 0 aliphatic carbocycles. The van der Waals surface area contributed by atoms with Gasteiger partial charge in [0.05, 0.1) is 5.69 Å². The Labute approximate surface area is 110 Å². The van der Waals surface area contributed by atoms with Gasteiger partial charge in [-0.1, -0.05) is 19.9 Å². The van der Waals surface area contributed by atoms with Gasteiger partial charge in [-0.05, 0) is 43.9 Å². The lowest BCUT2D eigenvalue weighted by Gasteiger charge is -2.26. The Hall–Kier alpha value is -1.09. The molecule has 0 spiro atoms. The second kappa shape index (κ2) is 6.74. The van der Waals surface area contributed by atoms with Crippen LogP contribution < -0.4 is 10.6 Å². The Morgan fingerprint density at radius 3 is 2.44 bits per heavy atom. The fourth-order valence-corrected chi connectivity index (χ4v) is 1.92. The third-order valence-corrected chi connectivity index (χ3v) is 3.67. The fraction of sp³-hybridized carbons (Fsp3) is 0.600. The van der Waals surface area contributed by atoms with Crippen LogP contribution in [0.15, 0.2) is 18.2 Å². The molecule has 1 rings (SSSR count). The Balaban J connectivity index is 2.85. The summed E-state index contributed by atoms with van der Waals surface area (Å²) in [5, 5.41) is 0. The standard InChI is InChI=1S/C15H25FN2/c1-5-11(3)18(4)15-8-7-12(10-14(15)16)9-13(17)6-2/h7-8,10-11,13H,5-6,9,17H2,1-4H3. The average Bonchev–Trinajstić information content (AvgIpc) is 2.37. The highest BCUT2D eigenvalue weighted by molar-refractivity contribution is 5.49. The molecule has 18 heavy (non-hydrogen) atoms. The number of hydrogen-bond donors (Lipinski definition) is 1. The van der Waals surface area contributed by atoms with Gasteiger partial charge in [-0.25, -0.2) is 4.39 Å². The van der Waals surface area contributed by atoms with Gasteiger partial charge in [-0.15, -0.1) is 0 Å². The minimum absolute atomic E-state index is 0.113. The molecule has 0 aliphatic rings. The second-order valence-corrected chi connectivity index (χ2v) is 5.03. The van der Waals surface area contributed by atoms with Gasteiger partial charge in [0.25, 0.3) is 0 Å². The Morgan fingerprint density at radius 1 is 1.28 bits per heavy atom. The van der Waals surface area contributed by atoms with E-state index < -0.39 is 0 Å². The number of hydrogen-bond acceptors (Lipinski definition) is 2. The second-order valence-electron chi connectivity index (χ2n) is 5.03. The normalized spacial score (nSPS) is 14.3. The van der Waals surface area contributed by atoms with Crippen molar-refractivity contribution in [2.24, 2.45) is 5.73 Å². The lowest BCUT2D eigenvalue weighted by Crippen LogP contribution is -2.29. The van der Waals surface area contributed by atoms with Gasteiger partial charge in [0.2, 0.25) is 0 Å². The van der Waals surface area contributed by atoms with Gasteiger partial charge in [0, 0.05) is 19.1 Å². The SMILES string of the molecule is CCC(N)Cc1ccc(N(C)C(C)CC)c(F)c1. The van der Waals surface area contributed by atoms with Gasteiger partial charge in [-0.2, -0.15) is 0 Å². The predicted molar refractivity (Wildman–Crippen MR) is 76.5 cm³/mol. The molecule has 0 heterocycles. The van der Waals surface area contributed by atoms with Crippen LogP contribution in [0.25, 0.3) is 0 Å². The smallest absolute Gasteiger partial charge is 0.146 e. The Morgan fingerprint density at radius 2 is 1.94 bits per heavy atom. The highest BCUT2D eigenvalue weighted by Gasteiger charge is 2.13. The molecule has 2 unspecified atom stereocenters. The molecule has 0 bridgehead atoms. The summed E-state index contributed by atoms with van der Waals surface area (Å²) in [5.74, 6) is -0.154. The molecular formula is C15H25FN2. The zero-order valence-electron chi connectivity index (χ0n) is 11.9. The molecule has 0 radical (unpaired) electrons. The molecule has 3 heteroatoms. The van der Waals surface area contributed by atoms with E-state index in [4.69, 9.17) is 5.73 Å². The van der Waals surface area contributed by atoms with Crippen molar-refractivity contribution in [3.8, 4) is 0 Å². The lowest BCUT2D eigenvalue weighted by atomic mass is 10.0. The number of anilines is 1. The van der Waals surface area contributed by atoms with Crippen LogP contribution in [0.3, 0.4) is 0 Å². The van der Waals surface area contributed by atoms with Crippen molar-refractivity contribution >= 4 is 5.69 Å². The van der Waals surface area contributed by atoms with Crippen molar-refractivity contribution in [2.45, 2.75) is 52.1 Å². The van der Waals surface area contributed by atoms with Gasteiger partial charge in [-0.3, -0.25) is 0 Å². The highest BCUT2D eigenvalue weighted by atomic mass is 19.1. The average molecular weight is 252 g/mol. The molecule has 0 fully saturated rings. The maximum atomic E-state index is 14.1. The fourth-order valence-electron chi connectivity index (χ4n) is 1.92. The molecule has 0 saturated heterocycles. The third kappa shape index (κ3) is 3.70.